The number of carboxylic acid groups (broad SMARTS) is 1. The number of amides is 1. The lowest BCUT2D eigenvalue weighted by Crippen LogP contribution is -2.12. The number of nitrogens with zero attached hydrogens (tertiary/aromatic N) is 1. The van der Waals surface area contributed by atoms with E-state index in [-0.39, 0.29) is 48.9 Å². The van der Waals surface area contributed by atoms with Crippen molar-refractivity contribution >= 4 is 57.6 Å². The van der Waals surface area contributed by atoms with Crippen LogP contribution < -0.4 is 10.1 Å². The first-order valence-corrected chi connectivity index (χ1v) is 12.7. The van der Waals surface area contributed by atoms with Crippen molar-refractivity contribution < 1.29 is 42.0 Å². The van der Waals surface area contributed by atoms with Crippen molar-refractivity contribution in [3.8, 4) is 17.0 Å². The van der Waals surface area contributed by atoms with Crippen molar-refractivity contribution in [2.75, 3.05) is 19.0 Å². The first-order valence-electron chi connectivity index (χ1n) is 17.6. The predicted molar refractivity (Wildman–Crippen MR) is 158 cm³/mol. The maximum absolute atomic E-state index is 13.0. The number of rotatable bonds is 13. The van der Waals surface area contributed by atoms with Crippen LogP contribution in [0.2, 0.25) is 10.0 Å². The number of hydrogen-bond donors (Lipinski definition) is 2. The molecule has 0 radical (unpaired) electrons. The minimum Gasteiger partial charge on any atom is -0.496 e. The Morgan fingerprint density at radius 1 is 1.26 bits per heavy atom. The normalized spacial score (nSPS) is 19.4. The van der Waals surface area contributed by atoms with E-state index in [9.17, 15) is 9.59 Å². The Hall–Kier alpha value is -2.91. The van der Waals surface area contributed by atoms with Gasteiger partial charge in [-0.05, 0) is 44.5 Å². The lowest BCUT2D eigenvalue weighted by Gasteiger charge is -2.18. The van der Waals surface area contributed by atoms with E-state index in [1.54, 1.807) is 11.4 Å². The molecule has 3 aromatic rings. The Balaban J connectivity index is 1.91. The number of benzene rings is 2. The molecule has 2 aromatic carbocycles. The van der Waals surface area contributed by atoms with Crippen molar-refractivity contribution in [3.63, 3.8) is 0 Å². The van der Waals surface area contributed by atoms with Gasteiger partial charge < -0.3 is 14.6 Å². The van der Waals surface area contributed by atoms with E-state index in [2.05, 4.69) is 10.3 Å². The monoisotopic (exact) mass is 603 g/mol. The predicted octanol–water partition coefficient (Wildman–Crippen LogP) is 8.52. The summed E-state index contributed by atoms with van der Waals surface area (Å²) in [4.78, 5) is 28.6. The highest BCUT2D eigenvalue weighted by molar-refractivity contribution is 7.14. The molecule has 0 aliphatic carbocycles. The quantitative estimate of drug-likeness (QED) is 0.190. The van der Waals surface area contributed by atoms with Gasteiger partial charge in [-0.25, -0.2) is 9.78 Å². The maximum Gasteiger partial charge on any atom is 0.331 e. The maximum atomic E-state index is 13.0. The number of thiazole rings is 1. The topological polar surface area (TPSA) is 97.8 Å². The number of aliphatic carboxylic acids is 1. The highest BCUT2D eigenvalue weighted by Gasteiger charge is 2.19. The summed E-state index contributed by atoms with van der Waals surface area (Å²) in [5.74, 6) is -1.76. The van der Waals surface area contributed by atoms with Crippen molar-refractivity contribution in [1.29, 1.82) is 0 Å². The highest BCUT2D eigenvalue weighted by atomic mass is 35.5. The van der Waals surface area contributed by atoms with Crippen LogP contribution in [0.3, 0.4) is 0 Å². The van der Waals surface area contributed by atoms with E-state index in [0.717, 1.165) is 11.3 Å². The summed E-state index contributed by atoms with van der Waals surface area (Å²) in [6.07, 6.45) is -16.2. The fourth-order valence-electron chi connectivity index (χ4n) is 3.33. The Kier molecular flexibility index (Phi) is 6.32. The second kappa shape index (κ2) is 14.5. The van der Waals surface area contributed by atoms with Gasteiger partial charge in [-0.3, -0.25) is 10.1 Å². The third-order valence-electron chi connectivity index (χ3n) is 5.20. The summed E-state index contributed by atoms with van der Waals surface area (Å²) >= 11 is 13.6. The second-order valence-electron chi connectivity index (χ2n) is 7.77. The molecule has 0 aliphatic heterocycles. The van der Waals surface area contributed by atoms with Crippen LogP contribution >= 0.6 is 34.5 Å². The van der Waals surface area contributed by atoms with Crippen LogP contribution in [-0.2, 0) is 9.53 Å². The Bertz CT molecular complexity index is 1860. The minimum atomic E-state index is -4.09. The number of anilines is 1. The van der Waals surface area contributed by atoms with E-state index in [4.69, 9.17) is 55.6 Å². The summed E-state index contributed by atoms with van der Waals surface area (Å²) < 4.78 is 114. The van der Waals surface area contributed by atoms with Crippen LogP contribution in [0.25, 0.3) is 17.3 Å². The molecule has 2 N–H and O–H groups in total. The summed E-state index contributed by atoms with van der Waals surface area (Å²) in [5.41, 5.74) is 0.907. The number of carbonyl (C=O) groups excluding carboxylic acids is 1. The van der Waals surface area contributed by atoms with Crippen molar-refractivity contribution in [1.82, 2.24) is 4.98 Å². The Labute approximate surface area is 261 Å². The summed E-state index contributed by atoms with van der Waals surface area (Å²) in [5, 5.41) is 13.5. The molecule has 0 aliphatic rings. The number of ether oxygens (including phenoxy) is 2. The number of halogens is 2. The summed E-state index contributed by atoms with van der Waals surface area (Å²) in [7, 11) is 1.27. The number of para-hydroxylation sites is 1. The largest absolute Gasteiger partial charge is 0.496 e. The molecule has 208 valence electrons. The molecule has 0 fully saturated rings. The Morgan fingerprint density at radius 3 is 2.67 bits per heavy atom. The third kappa shape index (κ3) is 8.05. The van der Waals surface area contributed by atoms with Gasteiger partial charge in [0.25, 0.3) is 5.91 Å². The molecular weight excluding hydrogens is 559 g/mol. The van der Waals surface area contributed by atoms with Gasteiger partial charge >= 0.3 is 5.97 Å². The SMILES string of the molecule is [2H]C([2H])([2H])C([2H])([2H])C([2H])([2H])C([2H])([2H])C([2H])([2H])C([2H])([2H])O[C@@H](C)c1cccc(-c2csc(NC(=O)c3cc(Cl)c(/C=C(\C)C(=O)O)c(Cl)c3)n2)c1OC. The highest BCUT2D eigenvalue weighted by Crippen LogP contribution is 2.38. The molecule has 3 rings (SSSR count). The first kappa shape index (κ1) is 17.0. The molecule has 0 unspecified atom stereocenters. The van der Waals surface area contributed by atoms with Crippen molar-refractivity contribution in [3.05, 3.63) is 68.0 Å². The van der Waals surface area contributed by atoms with Crippen LogP contribution in [0.15, 0.2) is 41.3 Å². The fourth-order valence-corrected chi connectivity index (χ4v) is 4.63. The van der Waals surface area contributed by atoms with E-state index in [1.807, 2.05) is 0 Å². The van der Waals surface area contributed by atoms with Crippen molar-refractivity contribution in [2.45, 2.75) is 52.3 Å². The van der Waals surface area contributed by atoms with Crippen LogP contribution in [0.5, 0.6) is 5.75 Å². The standard InChI is InChI=1S/C29H32Cl2N2O5S/c1-5-6-7-8-12-38-18(3)20-10-9-11-21(26(20)37-4)25-16-39-29(32-25)33-27(34)19-14-23(30)22(24(31)15-19)13-17(2)28(35)36/h9-11,13-16,18H,5-8,12H2,1-4H3,(H,35,36)(H,32,33,34)/b17-13+/t18-/m0/s1/i1D3,5D2,6D2,7D2,8D2,12D2. The Morgan fingerprint density at radius 2 is 2.00 bits per heavy atom. The molecule has 0 saturated heterocycles. The zero-order chi connectivity index (χ0) is 40.0. The molecule has 0 bridgehead atoms. The first-order chi connectivity index (χ1) is 23.6. The second-order valence-corrected chi connectivity index (χ2v) is 9.44. The fraction of sp³-hybridized carbons (Fsp3) is 0.345. The van der Waals surface area contributed by atoms with Crippen LogP contribution in [-0.4, -0.2) is 35.6 Å². The van der Waals surface area contributed by atoms with Gasteiger partial charge in [-0.1, -0.05) is 61.3 Å². The van der Waals surface area contributed by atoms with Crippen LogP contribution in [0, 0.1) is 0 Å². The number of nitrogens with one attached hydrogen (secondary N) is 1. The number of methoxy groups -OCH3 is 1. The van der Waals surface area contributed by atoms with Gasteiger partial charge in [0, 0.05) is 54.8 Å². The number of carboxylic acids is 1. The molecule has 0 saturated carbocycles. The van der Waals surface area contributed by atoms with E-state index >= 15 is 0 Å². The van der Waals surface area contributed by atoms with E-state index in [0.29, 0.717) is 5.56 Å². The summed E-state index contributed by atoms with van der Waals surface area (Å²) in [6, 6.07) is 7.11. The molecule has 1 atom stereocenters. The van der Waals surface area contributed by atoms with Gasteiger partial charge in [-0.2, -0.15) is 0 Å². The number of hydrogen-bond acceptors (Lipinski definition) is 6. The molecule has 7 nitrogen and oxygen atoms in total. The third-order valence-corrected chi connectivity index (χ3v) is 6.58. The number of aromatic nitrogens is 1. The average molecular weight is 605 g/mol. The van der Waals surface area contributed by atoms with Gasteiger partial charge in [0.2, 0.25) is 0 Å². The van der Waals surface area contributed by atoms with Crippen LogP contribution in [0.1, 0.15) is 91.6 Å². The van der Waals surface area contributed by atoms with E-state index in [1.165, 1.54) is 51.3 Å². The zero-order valence-electron chi connectivity index (χ0n) is 33.8. The summed E-state index contributed by atoms with van der Waals surface area (Å²) in [6.45, 7) is -4.79. The minimum absolute atomic E-state index is 0.0276. The molecular formula is C29H32Cl2N2O5S. The van der Waals surface area contributed by atoms with Crippen LogP contribution in [0.4, 0.5) is 5.13 Å². The lowest BCUT2D eigenvalue weighted by molar-refractivity contribution is -0.132. The zero-order valence-corrected chi connectivity index (χ0v) is 23.1. The average Bonchev–Trinajstić information content (AvgIpc) is 3.48. The molecule has 1 aromatic heterocycles. The molecule has 0 spiro atoms. The van der Waals surface area contributed by atoms with Gasteiger partial charge in [0.05, 0.1) is 31.7 Å². The smallest absolute Gasteiger partial charge is 0.331 e. The van der Waals surface area contributed by atoms with E-state index < -0.39 is 56.9 Å². The number of carbonyl (C=O) groups is 2. The molecule has 10 heteroatoms. The molecule has 1 amide bonds. The van der Waals surface area contributed by atoms with Gasteiger partial charge in [0.1, 0.15) is 5.75 Å². The lowest BCUT2D eigenvalue weighted by atomic mass is 10.0. The molecule has 39 heavy (non-hydrogen) atoms. The van der Waals surface area contributed by atoms with Gasteiger partial charge in [-0.15, -0.1) is 11.3 Å². The molecule has 1 heterocycles. The van der Waals surface area contributed by atoms with Crippen molar-refractivity contribution in [2.24, 2.45) is 0 Å². The van der Waals surface area contributed by atoms with Gasteiger partial charge in [0.15, 0.2) is 5.13 Å².